The molecular weight excluding hydrogens is 288 g/mol. The second-order valence-corrected chi connectivity index (χ2v) is 8.91. The van der Waals surface area contributed by atoms with Gasteiger partial charge < -0.3 is 5.11 Å². The Kier molecular flexibility index (Phi) is 2.76. The van der Waals surface area contributed by atoms with Crippen LogP contribution in [0.2, 0.25) is 0 Å². The first-order chi connectivity index (χ1) is 11.0. The van der Waals surface area contributed by atoms with Gasteiger partial charge in [0.05, 0.1) is 6.10 Å². The Morgan fingerprint density at radius 1 is 1.13 bits per heavy atom. The first-order valence-corrected chi connectivity index (χ1v) is 9.23. The van der Waals surface area contributed by atoms with E-state index in [2.05, 4.69) is 30.2 Å². The molecule has 0 spiro atoms. The number of allylic oxidation sites excluding steroid dienone is 1. The summed E-state index contributed by atoms with van der Waals surface area (Å²) in [6, 6.07) is 0. The van der Waals surface area contributed by atoms with Gasteiger partial charge in [-0.3, -0.25) is 0 Å². The van der Waals surface area contributed by atoms with Crippen LogP contribution >= 0.6 is 0 Å². The number of aliphatic hydroxyl groups excluding tert-OH is 1. The molecule has 0 aliphatic heterocycles. The molecule has 6 atom stereocenters. The Hall–Kier alpha value is -1.16. The van der Waals surface area contributed by atoms with Crippen LogP contribution in [0.4, 0.5) is 0 Å². The molecule has 1 aromatic rings. The summed E-state index contributed by atoms with van der Waals surface area (Å²) in [5.41, 5.74) is 3.92. The lowest BCUT2D eigenvalue weighted by Gasteiger charge is -2.57. The number of fused-ring (bicyclic) bond motifs is 6. The molecule has 1 aromatic heterocycles. The molecule has 5 rings (SSSR count). The van der Waals surface area contributed by atoms with Crippen molar-refractivity contribution >= 4 is 6.08 Å². The van der Waals surface area contributed by atoms with Crippen LogP contribution in [-0.2, 0) is 6.42 Å². The highest BCUT2D eigenvalue weighted by molar-refractivity contribution is 5.57. The van der Waals surface area contributed by atoms with E-state index >= 15 is 0 Å². The highest BCUT2D eigenvalue weighted by atomic mass is 16.6. The van der Waals surface area contributed by atoms with Crippen molar-refractivity contribution in [1.29, 1.82) is 0 Å². The van der Waals surface area contributed by atoms with Gasteiger partial charge in [-0.2, -0.15) is 0 Å². The average molecular weight is 314 g/mol. The van der Waals surface area contributed by atoms with Crippen molar-refractivity contribution < 1.29 is 9.74 Å². The highest BCUT2D eigenvalue weighted by Crippen LogP contribution is 2.65. The molecule has 1 heterocycles. The van der Waals surface area contributed by atoms with Gasteiger partial charge in [-0.15, -0.1) is 0 Å². The predicted molar refractivity (Wildman–Crippen MR) is 86.4 cm³/mol. The van der Waals surface area contributed by atoms with E-state index in [0.717, 1.165) is 36.1 Å². The van der Waals surface area contributed by atoms with Gasteiger partial charge in [0.15, 0.2) is 0 Å². The first kappa shape index (κ1) is 14.2. The minimum atomic E-state index is -0.0871. The van der Waals surface area contributed by atoms with E-state index in [1.54, 1.807) is 5.57 Å². The second-order valence-electron chi connectivity index (χ2n) is 8.91. The number of aromatic nitrogens is 2. The van der Waals surface area contributed by atoms with Gasteiger partial charge in [0.1, 0.15) is 11.4 Å². The Morgan fingerprint density at radius 2 is 2.00 bits per heavy atom. The van der Waals surface area contributed by atoms with Crippen LogP contribution in [0.1, 0.15) is 63.8 Å². The molecule has 23 heavy (non-hydrogen) atoms. The number of hydrogen-bond acceptors (Lipinski definition) is 4. The van der Waals surface area contributed by atoms with Crippen LogP contribution in [0.25, 0.3) is 6.08 Å². The molecule has 0 amide bonds. The lowest BCUT2D eigenvalue weighted by molar-refractivity contribution is -0.0706. The quantitative estimate of drug-likeness (QED) is 0.794. The maximum atomic E-state index is 10.5. The van der Waals surface area contributed by atoms with E-state index in [-0.39, 0.29) is 16.9 Å². The maximum absolute atomic E-state index is 10.5. The van der Waals surface area contributed by atoms with Crippen LogP contribution in [0.3, 0.4) is 0 Å². The Balaban J connectivity index is 1.53. The number of aliphatic hydroxyl groups is 1. The topological polar surface area (TPSA) is 59.2 Å². The zero-order chi connectivity index (χ0) is 15.8. The Bertz CT molecular complexity index is 681. The monoisotopic (exact) mass is 314 g/mol. The van der Waals surface area contributed by atoms with Crippen molar-refractivity contribution in [3.63, 3.8) is 0 Å². The standard InChI is InChI=1S/C19H26N2O2/c1-18-8-7-14-12(13(18)5-6-17(18)22)4-3-11-9-15-16(21-23-20-15)10-19(11,14)2/h9,12-14,17,22H,3-8,10H2,1-2H3/t12?,13?,14?,17-,18?,19?/m0/s1. The molecule has 0 radical (unpaired) electrons. The van der Waals surface area contributed by atoms with E-state index in [1.165, 1.54) is 32.1 Å². The van der Waals surface area contributed by atoms with E-state index in [0.29, 0.717) is 5.92 Å². The van der Waals surface area contributed by atoms with Crippen molar-refractivity contribution in [3.8, 4) is 0 Å². The molecule has 4 aliphatic rings. The van der Waals surface area contributed by atoms with E-state index < -0.39 is 0 Å². The normalized spacial score (nSPS) is 48.0. The predicted octanol–water partition coefficient (Wildman–Crippen LogP) is 3.61. The summed E-state index contributed by atoms with van der Waals surface area (Å²) in [4.78, 5) is 0. The minimum absolute atomic E-state index is 0.0871. The average Bonchev–Trinajstić information content (AvgIpc) is 3.08. The summed E-state index contributed by atoms with van der Waals surface area (Å²) >= 11 is 0. The van der Waals surface area contributed by atoms with Crippen molar-refractivity contribution in [2.24, 2.45) is 28.6 Å². The lowest BCUT2D eigenvalue weighted by Crippen LogP contribution is -2.51. The van der Waals surface area contributed by atoms with Crippen molar-refractivity contribution in [3.05, 3.63) is 17.0 Å². The molecule has 0 bridgehead atoms. The molecule has 3 saturated carbocycles. The number of rotatable bonds is 0. The molecule has 0 aromatic carbocycles. The van der Waals surface area contributed by atoms with Crippen LogP contribution in [0.5, 0.6) is 0 Å². The molecule has 4 heteroatoms. The van der Waals surface area contributed by atoms with Crippen LogP contribution in [-0.4, -0.2) is 21.5 Å². The molecule has 3 fully saturated rings. The third-order valence-electron chi connectivity index (χ3n) is 8.12. The minimum Gasteiger partial charge on any atom is -0.393 e. The highest BCUT2D eigenvalue weighted by Gasteiger charge is 2.59. The van der Waals surface area contributed by atoms with Gasteiger partial charge in [0.25, 0.3) is 0 Å². The van der Waals surface area contributed by atoms with Crippen LogP contribution < -0.4 is 0 Å². The third kappa shape index (κ3) is 1.71. The van der Waals surface area contributed by atoms with Crippen molar-refractivity contribution in [2.75, 3.05) is 0 Å². The van der Waals surface area contributed by atoms with Crippen LogP contribution in [0.15, 0.2) is 10.2 Å². The van der Waals surface area contributed by atoms with Crippen LogP contribution in [0, 0.1) is 28.6 Å². The molecule has 1 N–H and O–H groups in total. The second kappa shape index (κ2) is 4.47. The number of nitrogens with zero attached hydrogens (tertiary/aromatic N) is 2. The van der Waals surface area contributed by atoms with Gasteiger partial charge in [-0.05, 0) is 73.2 Å². The van der Waals surface area contributed by atoms with E-state index in [4.69, 9.17) is 4.63 Å². The third-order valence-corrected chi connectivity index (χ3v) is 8.12. The zero-order valence-electron chi connectivity index (χ0n) is 14.1. The summed E-state index contributed by atoms with van der Waals surface area (Å²) in [7, 11) is 0. The molecule has 4 aliphatic carbocycles. The summed E-state index contributed by atoms with van der Waals surface area (Å²) in [5.74, 6) is 2.18. The molecule has 5 unspecified atom stereocenters. The Morgan fingerprint density at radius 3 is 2.87 bits per heavy atom. The molecular formula is C19H26N2O2. The van der Waals surface area contributed by atoms with Gasteiger partial charge in [-0.25, -0.2) is 4.63 Å². The fourth-order valence-corrected chi connectivity index (χ4v) is 6.74. The lowest BCUT2D eigenvalue weighted by atomic mass is 9.47. The van der Waals surface area contributed by atoms with E-state index in [9.17, 15) is 5.11 Å². The van der Waals surface area contributed by atoms with Gasteiger partial charge >= 0.3 is 0 Å². The molecule has 4 nitrogen and oxygen atoms in total. The zero-order valence-corrected chi connectivity index (χ0v) is 14.1. The molecule has 124 valence electrons. The maximum Gasteiger partial charge on any atom is 0.131 e. The summed E-state index contributed by atoms with van der Waals surface area (Å²) in [5, 5.41) is 18.7. The first-order valence-electron chi connectivity index (χ1n) is 9.23. The van der Waals surface area contributed by atoms with Gasteiger partial charge in [0, 0.05) is 6.42 Å². The van der Waals surface area contributed by atoms with Gasteiger partial charge in [-0.1, -0.05) is 29.7 Å². The van der Waals surface area contributed by atoms with Crippen molar-refractivity contribution in [2.45, 2.75) is 64.9 Å². The van der Waals surface area contributed by atoms with Gasteiger partial charge in [0.2, 0.25) is 0 Å². The molecule has 0 saturated heterocycles. The summed E-state index contributed by atoms with van der Waals surface area (Å²) < 4.78 is 4.98. The van der Waals surface area contributed by atoms with Crippen molar-refractivity contribution in [1.82, 2.24) is 10.3 Å². The SMILES string of the molecule is CC12Cc3nonc3C=C1CCC1C2CCC2(C)C1CC[C@@H]2O. The largest absolute Gasteiger partial charge is 0.393 e. The fourth-order valence-electron chi connectivity index (χ4n) is 6.74. The number of hydrogen-bond donors (Lipinski definition) is 1. The fraction of sp³-hybridized carbons (Fsp3) is 0.789. The van der Waals surface area contributed by atoms with E-state index in [1.807, 2.05) is 0 Å². The summed E-state index contributed by atoms with van der Waals surface area (Å²) in [6.45, 7) is 4.79. The summed E-state index contributed by atoms with van der Waals surface area (Å²) in [6.07, 6.45) is 10.2. The Labute approximate surface area is 137 Å². The smallest absolute Gasteiger partial charge is 0.131 e.